The quantitative estimate of drug-likeness (QED) is 0.302. The first-order chi connectivity index (χ1) is 18.8. The summed E-state index contributed by atoms with van der Waals surface area (Å²) >= 11 is 1.29. The lowest BCUT2D eigenvalue weighted by Crippen LogP contribution is -2.51. The highest BCUT2D eigenvalue weighted by atomic mass is 32.2. The molecule has 3 fully saturated rings. The number of Topliss-reactive ketones (excluding diaryl/α,β-unsaturated/α-hetero) is 1. The number of nitrogens with zero attached hydrogens (tertiary/aromatic N) is 3. The van der Waals surface area contributed by atoms with E-state index in [2.05, 4.69) is 11.0 Å². The van der Waals surface area contributed by atoms with Crippen molar-refractivity contribution in [2.45, 2.75) is 50.8 Å². The van der Waals surface area contributed by atoms with Gasteiger partial charge in [-0.25, -0.2) is 4.39 Å². The summed E-state index contributed by atoms with van der Waals surface area (Å²) in [7, 11) is 0. The summed E-state index contributed by atoms with van der Waals surface area (Å²) in [4.78, 5) is 55.5. The van der Waals surface area contributed by atoms with Gasteiger partial charge in [0.05, 0.1) is 25.6 Å². The first kappa shape index (κ1) is 29.4. The van der Waals surface area contributed by atoms with Gasteiger partial charge in [-0.1, -0.05) is 36.0 Å². The van der Waals surface area contributed by atoms with Crippen LogP contribution < -0.4 is 0 Å². The summed E-state index contributed by atoms with van der Waals surface area (Å²) in [5.74, 6) is -0.651. The van der Waals surface area contributed by atoms with Crippen molar-refractivity contribution >= 4 is 34.5 Å². The van der Waals surface area contributed by atoms with Crippen LogP contribution >= 0.6 is 11.8 Å². The topological polar surface area (TPSA) is 87.2 Å². The Bertz CT molecular complexity index is 1110. The molecule has 0 N–H and O–H groups in total. The molecule has 3 aliphatic rings. The van der Waals surface area contributed by atoms with E-state index >= 15 is 0 Å². The molecular formula is C29H38FN3O5S. The third-order valence-corrected chi connectivity index (χ3v) is 8.66. The van der Waals surface area contributed by atoms with Gasteiger partial charge in [-0.2, -0.15) is 0 Å². The summed E-state index contributed by atoms with van der Waals surface area (Å²) in [5.41, 5.74) is 1.44. The van der Waals surface area contributed by atoms with Gasteiger partial charge in [0.1, 0.15) is 5.82 Å². The highest BCUT2D eigenvalue weighted by Gasteiger charge is 2.41. The number of carbonyl (C=O) groups excluding carboxylic acids is 4. The molecule has 0 bridgehead atoms. The third-order valence-electron chi connectivity index (χ3n) is 7.50. The summed E-state index contributed by atoms with van der Waals surface area (Å²) in [5, 5.41) is 0.0158. The molecule has 0 radical (unpaired) electrons. The zero-order valence-corrected chi connectivity index (χ0v) is 23.6. The number of hydrogen-bond acceptors (Lipinski definition) is 8. The smallest absolute Gasteiger partial charge is 0.307 e. The monoisotopic (exact) mass is 559 g/mol. The van der Waals surface area contributed by atoms with E-state index in [4.69, 9.17) is 4.74 Å². The van der Waals surface area contributed by atoms with Crippen LogP contribution in [0.2, 0.25) is 0 Å². The molecule has 39 heavy (non-hydrogen) atoms. The number of amides is 1. The van der Waals surface area contributed by atoms with Crippen molar-refractivity contribution in [3.8, 4) is 0 Å². The zero-order chi connectivity index (χ0) is 27.9. The summed E-state index contributed by atoms with van der Waals surface area (Å²) in [6.45, 7) is 7.04. The minimum atomic E-state index is -0.644. The summed E-state index contributed by atoms with van der Waals surface area (Å²) in [6.07, 6.45) is 4.64. The molecule has 1 aromatic rings. The van der Waals surface area contributed by atoms with E-state index in [1.54, 1.807) is 36.9 Å². The fourth-order valence-electron chi connectivity index (χ4n) is 5.31. The van der Waals surface area contributed by atoms with Gasteiger partial charge in [0, 0.05) is 62.9 Å². The van der Waals surface area contributed by atoms with Crippen LogP contribution in [0.25, 0.3) is 0 Å². The van der Waals surface area contributed by atoms with Gasteiger partial charge in [0.25, 0.3) is 0 Å². The Labute approximate surface area is 233 Å². The zero-order valence-electron chi connectivity index (χ0n) is 22.8. The van der Waals surface area contributed by atoms with Gasteiger partial charge >= 0.3 is 5.97 Å². The molecule has 10 heteroatoms. The van der Waals surface area contributed by atoms with Crippen LogP contribution in [0.1, 0.15) is 51.1 Å². The Morgan fingerprint density at radius 2 is 1.90 bits per heavy atom. The van der Waals surface area contributed by atoms with E-state index in [0.29, 0.717) is 57.9 Å². The minimum absolute atomic E-state index is 0.0161. The Balaban J connectivity index is 1.44. The van der Waals surface area contributed by atoms with E-state index in [1.165, 1.54) is 17.8 Å². The van der Waals surface area contributed by atoms with Gasteiger partial charge in [-0.3, -0.25) is 29.0 Å². The van der Waals surface area contributed by atoms with E-state index in [9.17, 15) is 23.6 Å². The van der Waals surface area contributed by atoms with Crippen molar-refractivity contribution in [3.05, 3.63) is 47.3 Å². The minimum Gasteiger partial charge on any atom is -0.466 e. The molecule has 2 unspecified atom stereocenters. The van der Waals surface area contributed by atoms with Crippen LogP contribution in [0.3, 0.4) is 0 Å². The molecule has 0 aromatic heterocycles. The number of hydrogen-bond donors (Lipinski definition) is 0. The molecule has 4 rings (SSSR count). The summed E-state index contributed by atoms with van der Waals surface area (Å²) < 4.78 is 19.8. The lowest BCUT2D eigenvalue weighted by Gasteiger charge is -2.39. The molecule has 2 heterocycles. The molecule has 1 aromatic carbocycles. The van der Waals surface area contributed by atoms with E-state index in [0.717, 1.165) is 18.4 Å². The molecule has 1 saturated carbocycles. The maximum atomic E-state index is 14.9. The molecule has 1 amide bonds. The van der Waals surface area contributed by atoms with E-state index < -0.39 is 6.04 Å². The van der Waals surface area contributed by atoms with Gasteiger partial charge in [0.15, 0.2) is 10.9 Å². The first-order valence-corrected chi connectivity index (χ1v) is 14.7. The SMILES string of the molecule is CCOC(=O)CCN1CCN(C/C=C2/CN(C(C(=O)C3CC3)c3ccccc3F)CCC2SC(C)=O)CC1=O. The van der Waals surface area contributed by atoms with Crippen molar-refractivity contribution < 1.29 is 28.3 Å². The van der Waals surface area contributed by atoms with Crippen LogP contribution in [0.5, 0.6) is 0 Å². The number of carbonyl (C=O) groups is 4. The van der Waals surface area contributed by atoms with Crippen molar-refractivity contribution in [2.75, 3.05) is 52.4 Å². The standard InChI is InChI=1S/C29H38FN3O5S/c1-3-38-27(36)12-15-32-17-16-31(19-26(32)35)13-10-22-18-33(14-11-25(22)39-20(2)34)28(29(37)21-8-9-21)23-6-4-5-7-24(23)30/h4-7,10,21,25,28H,3,8-9,11-19H2,1-2H3/b22-10-. The highest BCUT2D eigenvalue weighted by molar-refractivity contribution is 8.14. The Hall–Kier alpha value is -2.56. The Morgan fingerprint density at radius 1 is 1.13 bits per heavy atom. The largest absolute Gasteiger partial charge is 0.466 e. The normalized spacial score (nSPS) is 22.6. The van der Waals surface area contributed by atoms with Gasteiger partial charge in [-0.15, -0.1) is 0 Å². The molecule has 1 aliphatic carbocycles. The Morgan fingerprint density at radius 3 is 2.56 bits per heavy atom. The number of piperazine rings is 1. The van der Waals surface area contributed by atoms with Crippen LogP contribution in [0.15, 0.2) is 35.9 Å². The maximum Gasteiger partial charge on any atom is 0.307 e. The van der Waals surface area contributed by atoms with Crippen LogP contribution in [0, 0.1) is 11.7 Å². The lowest BCUT2D eigenvalue weighted by atomic mass is 9.93. The average molecular weight is 560 g/mol. The van der Waals surface area contributed by atoms with Crippen molar-refractivity contribution in [2.24, 2.45) is 5.92 Å². The second kappa shape index (κ2) is 13.7. The number of rotatable bonds is 11. The number of piperidine rings is 1. The van der Waals surface area contributed by atoms with Gasteiger partial charge in [-0.05, 0) is 37.8 Å². The van der Waals surface area contributed by atoms with Gasteiger partial charge < -0.3 is 9.64 Å². The third kappa shape index (κ3) is 7.99. The van der Waals surface area contributed by atoms with Crippen LogP contribution in [-0.2, 0) is 23.9 Å². The lowest BCUT2D eigenvalue weighted by molar-refractivity contribution is -0.144. The fourth-order valence-corrected chi connectivity index (χ4v) is 6.25. The van der Waals surface area contributed by atoms with Gasteiger partial charge in [0.2, 0.25) is 5.91 Å². The van der Waals surface area contributed by atoms with E-state index in [1.807, 2.05) is 4.90 Å². The average Bonchev–Trinajstić information content (AvgIpc) is 3.75. The molecule has 8 nitrogen and oxygen atoms in total. The van der Waals surface area contributed by atoms with Crippen LogP contribution in [0.4, 0.5) is 4.39 Å². The maximum absolute atomic E-state index is 14.9. The van der Waals surface area contributed by atoms with Crippen molar-refractivity contribution in [1.29, 1.82) is 0 Å². The molecule has 2 atom stereocenters. The second-order valence-corrected chi connectivity index (χ2v) is 11.8. The number of esters is 1. The number of halogens is 1. The van der Waals surface area contributed by atoms with Crippen LogP contribution in [-0.4, -0.2) is 95.1 Å². The molecule has 0 spiro atoms. The first-order valence-electron chi connectivity index (χ1n) is 13.8. The molecule has 212 valence electrons. The number of likely N-dealkylation sites (tertiary alicyclic amines) is 1. The number of ether oxygens (including phenoxy) is 1. The van der Waals surface area contributed by atoms with E-state index in [-0.39, 0.29) is 52.7 Å². The number of benzene rings is 1. The van der Waals surface area contributed by atoms with Crippen molar-refractivity contribution in [3.63, 3.8) is 0 Å². The predicted molar refractivity (Wildman–Crippen MR) is 147 cm³/mol. The van der Waals surface area contributed by atoms with Crippen molar-refractivity contribution in [1.82, 2.24) is 14.7 Å². The second-order valence-electron chi connectivity index (χ2n) is 10.4. The Kier molecular flexibility index (Phi) is 10.3. The molecule has 2 saturated heterocycles. The fraction of sp³-hybridized carbons (Fsp3) is 0.586. The molecular weight excluding hydrogens is 521 g/mol. The number of thioether (sulfide) groups is 1. The number of ketones is 1. The highest BCUT2D eigenvalue weighted by Crippen LogP contribution is 2.40. The molecule has 2 aliphatic heterocycles. The summed E-state index contributed by atoms with van der Waals surface area (Å²) in [6, 6.07) is 5.86. The predicted octanol–water partition coefficient (Wildman–Crippen LogP) is 3.22.